The van der Waals surface area contributed by atoms with Gasteiger partial charge in [-0.15, -0.1) is 0 Å². The van der Waals surface area contributed by atoms with Gasteiger partial charge in [-0.2, -0.15) is 10.1 Å². The second-order valence-electron chi connectivity index (χ2n) is 8.00. The summed E-state index contributed by atoms with van der Waals surface area (Å²) in [4.78, 5) is 25.5. The Kier molecular flexibility index (Phi) is 5.45. The number of amides is 1. The zero-order chi connectivity index (χ0) is 23.2. The van der Waals surface area contributed by atoms with Crippen molar-refractivity contribution < 1.29 is 13.9 Å². The van der Waals surface area contributed by atoms with Crippen LogP contribution in [0.2, 0.25) is 0 Å². The van der Waals surface area contributed by atoms with Crippen LogP contribution >= 0.6 is 15.9 Å². The molecule has 3 aromatic heterocycles. The number of anilines is 1. The maximum atomic E-state index is 14.7. The second-order valence-corrected chi connectivity index (χ2v) is 8.75. The molecule has 33 heavy (non-hydrogen) atoms. The third-order valence-electron chi connectivity index (χ3n) is 6.10. The summed E-state index contributed by atoms with van der Waals surface area (Å²) in [5.74, 6) is -0.181. The average molecular weight is 514 g/mol. The number of halogens is 2. The van der Waals surface area contributed by atoms with Crippen LogP contribution < -0.4 is 10.6 Å². The summed E-state index contributed by atoms with van der Waals surface area (Å²) in [5.41, 5.74) is 0.474. The average Bonchev–Trinajstić information content (AvgIpc) is 3.40. The predicted octanol–water partition coefficient (Wildman–Crippen LogP) is 3.36. The first kappa shape index (κ1) is 21.7. The van der Waals surface area contributed by atoms with E-state index >= 15 is 0 Å². The largest absolute Gasteiger partial charge is 0.368 e. The zero-order valence-corrected chi connectivity index (χ0v) is 19.6. The van der Waals surface area contributed by atoms with Gasteiger partial charge >= 0.3 is 0 Å². The number of ether oxygens (including phenoxy) is 1. The quantitative estimate of drug-likeness (QED) is 0.421. The Hall–Kier alpha value is -3.18. The molecule has 170 valence electrons. The van der Waals surface area contributed by atoms with E-state index in [1.54, 1.807) is 43.4 Å². The van der Waals surface area contributed by atoms with Gasteiger partial charge in [-0.25, -0.2) is 14.1 Å². The van der Waals surface area contributed by atoms with E-state index in [1.165, 1.54) is 6.07 Å². The molecule has 11 heteroatoms. The summed E-state index contributed by atoms with van der Waals surface area (Å²) in [6.07, 6.45) is 5.04. The highest BCUT2D eigenvalue weighted by atomic mass is 79.9. The topological polar surface area (TPSA) is 107 Å². The summed E-state index contributed by atoms with van der Waals surface area (Å²) in [5, 5.41) is 11.8. The van der Waals surface area contributed by atoms with Gasteiger partial charge in [0.2, 0.25) is 5.95 Å². The lowest BCUT2D eigenvalue weighted by molar-refractivity contribution is -0.142. The van der Waals surface area contributed by atoms with Crippen LogP contribution in [-0.2, 0) is 9.53 Å². The number of carbonyl (C=O) groups excluding carboxylic acids is 1. The first-order chi connectivity index (χ1) is 15.9. The van der Waals surface area contributed by atoms with E-state index in [4.69, 9.17) is 4.74 Å². The fraction of sp³-hybridized carbons (Fsp3) is 0.318. The van der Waals surface area contributed by atoms with Crippen LogP contribution in [-0.4, -0.2) is 56.4 Å². The van der Waals surface area contributed by atoms with Gasteiger partial charge in [-0.3, -0.25) is 9.78 Å². The van der Waals surface area contributed by atoms with Gasteiger partial charge in [0.1, 0.15) is 15.7 Å². The summed E-state index contributed by atoms with van der Waals surface area (Å²) in [6.45, 7) is 0. The minimum atomic E-state index is -0.863. The van der Waals surface area contributed by atoms with Gasteiger partial charge in [0, 0.05) is 50.5 Å². The SMILES string of the molecule is CNC(=O)[C@]1(OC)CC[C@@H](Nc2ncc3c(Br)nn(-c4cc(F)c5ncccc5c4)c3n2)C1. The third kappa shape index (κ3) is 3.70. The fourth-order valence-corrected chi connectivity index (χ4v) is 4.84. The Morgan fingerprint density at radius 1 is 1.36 bits per heavy atom. The smallest absolute Gasteiger partial charge is 0.252 e. The first-order valence-electron chi connectivity index (χ1n) is 10.4. The molecule has 5 rings (SSSR count). The maximum absolute atomic E-state index is 14.7. The van der Waals surface area contributed by atoms with Gasteiger partial charge in [-0.05, 0) is 40.9 Å². The van der Waals surface area contributed by atoms with Crippen LogP contribution in [0.3, 0.4) is 0 Å². The number of likely N-dealkylation sites (N-methyl/N-ethyl adjacent to an activating group) is 1. The van der Waals surface area contributed by atoms with Crippen LogP contribution in [0.1, 0.15) is 19.3 Å². The van der Waals surface area contributed by atoms with Gasteiger partial charge in [0.05, 0.1) is 11.1 Å². The molecule has 1 fully saturated rings. The number of nitrogens with one attached hydrogen (secondary N) is 2. The van der Waals surface area contributed by atoms with E-state index in [0.29, 0.717) is 51.0 Å². The first-order valence-corrected chi connectivity index (χ1v) is 11.2. The number of nitrogens with zero attached hydrogens (tertiary/aromatic N) is 5. The van der Waals surface area contributed by atoms with Crippen molar-refractivity contribution >= 4 is 49.7 Å². The van der Waals surface area contributed by atoms with Gasteiger partial charge in [0.25, 0.3) is 5.91 Å². The molecular formula is C22H21BrFN7O2. The number of aromatic nitrogens is 5. The van der Waals surface area contributed by atoms with Crippen LogP contribution in [0, 0.1) is 5.82 Å². The van der Waals surface area contributed by atoms with E-state index in [0.717, 1.165) is 6.42 Å². The van der Waals surface area contributed by atoms with E-state index in [1.807, 2.05) is 6.07 Å². The molecule has 1 amide bonds. The Morgan fingerprint density at radius 2 is 2.21 bits per heavy atom. The number of methoxy groups -OCH3 is 1. The van der Waals surface area contributed by atoms with Gasteiger partial charge < -0.3 is 15.4 Å². The lowest BCUT2D eigenvalue weighted by atomic mass is 10.0. The van der Waals surface area contributed by atoms with Crippen LogP contribution in [0.25, 0.3) is 27.6 Å². The van der Waals surface area contributed by atoms with Gasteiger partial charge in [-0.1, -0.05) is 6.07 Å². The fourth-order valence-electron chi connectivity index (χ4n) is 4.40. The highest BCUT2D eigenvalue weighted by molar-refractivity contribution is 9.10. The summed E-state index contributed by atoms with van der Waals surface area (Å²) in [7, 11) is 3.15. The highest BCUT2D eigenvalue weighted by Crippen LogP contribution is 2.35. The number of rotatable bonds is 5. The van der Waals surface area contributed by atoms with Crippen LogP contribution in [0.4, 0.5) is 10.3 Å². The molecule has 2 N–H and O–H groups in total. The molecule has 1 aromatic carbocycles. The van der Waals surface area contributed by atoms with E-state index in [-0.39, 0.29) is 11.9 Å². The van der Waals surface area contributed by atoms with Crippen molar-refractivity contribution in [3.05, 3.63) is 47.1 Å². The Balaban J connectivity index is 1.49. The summed E-state index contributed by atoms with van der Waals surface area (Å²) < 4.78 is 22.4. The van der Waals surface area contributed by atoms with Crippen molar-refractivity contribution in [2.45, 2.75) is 30.9 Å². The minimum absolute atomic E-state index is 0.0382. The summed E-state index contributed by atoms with van der Waals surface area (Å²) in [6, 6.07) is 6.71. The number of benzene rings is 1. The molecule has 9 nitrogen and oxygen atoms in total. The van der Waals surface area contributed by atoms with Crippen molar-refractivity contribution in [2.24, 2.45) is 0 Å². The molecule has 1 saturated carbocycles. The van der Waals surface area contributed by atoms with E-state index < -0.39 is 11.4 Å². The Bertz CT molecular complexity index is 1380. The third-order valence-corrected chi connectivity index (χ3v) is 6.69. The lowest BCUT2D eigenvalue weighted by Crippen LogP contribution is -2.45. The number of hydrogen-bond acceptors (Lipinski definition) is 7. The molecule has 2 atom stereocenters. The molecule has 0 bridgehead atoms. The second kappa shape index (κ2) is 8.31. The molecule has 3 heterocycles. The highest BCUT2D eigenvalue weighted by Gasteiger charge is 2.45. The molecule has 0 unspecified atom stereocenters. The molecule has 1 aliphatic carbocycles. The number of carbonyl (C=O) groups is 1. The number of pyridine rings is 1. The molecule has 0 saturated heterocycles. The monoisotopic (exact) mass is 513 g/mol. The molecule has 0 aliphatic heterocycles. The van der Waals surface area contributed by atoms with E-state index in [9.17, 15) is 9.18 Å². The van der Waals surface area contributed by atoms with Crippen molar-refractivity contribution in [3.8, 4) is 5.69 Å². The lowest BCUT2D eigenvalue weighted by Gasteiger charge is -2.25. The van der Waals surface area contributed by atoms with E-state index in [2.05, 4.69) is 46.6 Å². The van der Waals surface area contributed by atoms with Crippen LogP contribution in [0.5, 0.6) is 0 Å². The van der Waals surface area contributed by atoms with Crippen molar-refractivity contribution in [1.29, 1.82) is 0 Å². The zero-order valence-electron chi connectivity index (χ0n) is 18.0. The molecule has 1 aliphatic rings. The Morgan fingerprint density at radius 3 is 3.00 bits per heavy atom. The van der Waals surface area contributed by atoms with Gasteiger partial charge in [0.15, 0.2) is 11.5 Å². The maximum Gasteiger partial charge on any atom is 0.252 e. The molecule has 4 aromatic rings. The van der Waals surface area contributed by atoms with Crippen molar-refractivity contribution in [2.75, 3.05) is 19.5 Å². The summed E-state index contributed by atoms with van der Waals surface area (Å²) >= 11 is 3.44. The molecule has 0 radical (unpaired) electrons. The van der Waals surface area contributed by atoms with Crippen molar-refractivity contribution in [3.63, 3.8) is 0 Å². The Labute approximate surface area is 196 Å². The molecule has 0 spiro atoms. The number of fused-ring (bicyclic) bond motifs is 2. The standard InChI is InChI=1S/C22H21BrFN7O2/c1-25-20(32)22(33-2)6-5-13(10-22)28-21-27-11-15-18(23)30-31(19(15)29-21)14-8-12-4-3-7-26-17(12)16(24)9-14/h3-4,7-9,11,13H,5-6,10H2,1-2H3,(H,25,32)(H,27,28,29)/t13-,22+/m1/s1. The normalized spacial score (nSPS) is 20.4. The number of hydrogen-bond donors (Lipinski definition) is 2. The predicted molar refractivity (Wildman–Crippen MR) is 125 cm³/mol. The van der Waals surface area contributed by atoms with Crippen molar-refractivity contribution in [1.82, 2.24) is 30.0 Å². The molecular weight excluding hydrogens is 493 g/mol. The van der Waals surface area contributed by atoms with Crippen LogP contribution in [0.15, 0.2) is 41.3 Å². The minimum Gasteiger partial charge on any atom is -0.368 e.